The summed E-state index contributed by atoms with van der Waals surface area (Å²) in [5, 5.41) is 7.09. The van der Waals surface area contributed by atoms with Crippen molar-refractivity contribution in [3.8, 4) is 11.5 Å². The second-order valence-electron chi connectivity index (χ2n) is 7.06. The van der Waals surface area contributed by atoms with Gasteiger partial charge in [0, 0.05) is 22.0 Å². The van der Waals surface area contributed by atoms with Crippen molar-refractivity contribution >= 4 is 37.6 Å². The molecule has 2 aliphatic heterocycles. The van der Waals surface area contributed by atoms with E-state index in [9.17, 15) is 0 Å². The Morgan fingerprint density at radius 2 is 1.79 bits per heavy atom. The van der Waals surface area contributed by atoms with Crippen LogP contribution >= 0.6 is 31.9 Å². The molecule has 3 aromatic carbocycles. The zero-order valence-corrected chi connectivity index (χ0v) is 18.9. The molecule has 0 N–H and O–H groups in total. The van der Waals surface area contributed by atoms with E-state index in [-0.39, 0.29) is 12.3 Å². The molecule has 0 saturated carbocycles. The number of halogens is 2. The Bertz CT molecular complexity index is 1080. The number of fused-ring (bicyclic) bond motifs is 3. The Kier molecular flexibility index (Phi) is 4.84. The van der Waals surface area contributed by atoms with Crippen LogP contribution in [0.2, 0.25) is 0 Å². The Labute approximate surface area is 186 Å². The molecule has 4 nitrogen and oxygen atoms in total. The number of hydrogen-bond donors (Lipinski definition) is 0. The molecule has 0 bridgehead atoms. The standard InChI is InChI=1S/C23H18Br2N2O2/c1-28-17-9-7-15(8-10-17)23-27-21(13-20(26-27)14-5-3-2-4-6-14)18-11-16(24)12-19(25)22(18)29-23/h2-12,21,23H,13H2,1H3/t21-,23-/m1/s1. The monoisotopic (exact) mass is 512 g/mol. The largest absolute Gasteiger partial charge is 0.497 e. The lowest BCUT2D eigenvalue weighted by atomic mass is 9.96. The summed E-state index contributed by atoms with van der Waals surface area (Å²) in [6, 6.07) is 22.6. The Balaban J connectivity index is 1.61. The highest BCUT2D eigenvalue weighted by molar-refractivity contribution is 9.11. The molecular formula is C23H18Br2N2O2. The van der Waals surface area contributed by atoms with E-state index in [0.29, 0.717) is 0 Å². The van der Waals surface area contributed by atoms with Crippen molar-refractivity contribution in [2.24, 2.45) is 5.10 Å². The molecule has 2 aliphatic rings. The van der Waals surface area contributed by atoms with E-state index in [4.69, 9.17) is 14.6 Å². The summed E-state index contributed by atoms with van der Waals surface area (Å²) in [5.74, 6) is 1.70. The highest BCUT2D eigenvalue weighted by Crippen LogP contribution is 2.50. The molecule has 0 spiro atoms. The number of nitrogens with zero attached hydrogens (tertiary/aromatic N) is 2. The van der Waals surface area contributed by atoms with Crippen LogP contribution in [0.4, 0.5) is 0 Å². The summed E-state index contributed by atoms with van der Waals surface area (Å²) in [7, 11) is 1.67. The van der Waals surface area contributed by atoms with Crippen LogP contribution in [-0.2, 0) is 0 Å². The third-order valence-electron chi connectivity index (χ3n) is 5.32. The van der Waals surface area contributed by atoms with Crippen molar-refractivity contribution < 1.29 is 9.47 Å². The van der Waals surface area contributed by atoms with Gasteiger partial charge in [-0.2, -0.15) is 5.10 Å². The van der Waals surface area contributed by atoms with Crippen LogP contribution in [0.5, 0.6) is 11.5 Å². The van der Waals surface area contributed by atoms with E-state index in [2.05, 4.69) is 55.1 Å². The van der Waals surface area contributed by atoms with Crippen LogP contribution in [0, 0.1) is 0 Å². The minimum Gasteiger partial charge on any atom is -0.497 e. The minimum atomic E-state index is -0.308. The van der Waals surface area contributed by atoms with Gasteiger partial charge in [0.2, 0.25) is 6.23 Å². The van der Waals surface area contributed by atoms with Crippen LogP contribution < -0.4 is 9.47 Å². The van der Waals surface area contributed by atoms with E-state index in [1.807, 2.05) is 48.5 Å². The van der Waals surface area contributed by atoms with Gasteiger partial charge in [-0.15, -0.1) is 0 Å². The molecule has 146 valence electrons. The summed E-state index contributed by atoms with van der Waals surface area (Å²) in [6.45, 7) is 0. The lowest BCUT2D eigenvalue weighted by Gasteiger charge is -2.38. The summed E-state index contributed by atoms with van der Waals surface area (Å²) in [4.78, 5) is 0. The topological polar surface area (TPSA) is 34.1 Å². The maximum Gasteiger partial charge on any atom is 0.213 e. The normalized spacial score (nSPS) is 19.8. The summed E-state index contributed by atoms with van der Waals surface area (Å²) in [6.07, 6.45) is 0.521. The Hall–Kier alpha value is -2.31. The molecule has 6 heteroatoms. The fourth-order valence-electron chi connectivity index (χ4n) is 3.91. The van der Waals surface area contributed by atoms with Crippen molar-refractivity contribution in [1.29, 1.82) is 0 Å². The number of ether oxygens (including phenoxy) is 2. The van der Waals surface area contributed by atoms with Crippen LogP contribution in [0.1, 0.15) is 35.4 Å². The molecule has 29 heavy (non-hydrogen) atoms. The molecule has 0 aromatic heterocycles. The first kappa shape index (κ1) is 18.7. The van der Waals surface area contributed by atoms with Crippen molar-refractivity contribution in [3.63, 3.8) is 0 Å². The number of rotatable bonds is 3. The molecule has 2 atom stereocenters. The van der Waals surface area contributed by atoms with Gasteiger partial charge in [0.1, 0.15) is 11.5 Å². The lowest BCUT2D eigenvalue weighted by molar-refractivity contribution is -0.0197. The molecule has 3 aromatic rings. The SMILES string of the molecule is COc1ccc([C@H]2Oc3c(Br)cc(Br)cc3[C@H]3CC(c4ccccc4)=NN32)cc1. The average Bonchev–Trinajstić information content (AvgIpc) is 3.20. The quantitative estimate of drug-likeness (QED) is 0.403. The molecule has 0 fully saturated rings. The molecular weight excluding hydrogens is 496 g/mol. The smallest absolute Gasteiger partial charge is 0.213 e. The van der Waals surface area contributed by atoms with Crippen LogP contribution in [-0.4, -0.2) is 17.8 Å². The zero-order chi connectivity index (χ0) is 20.0. The maximum atomic E-state index is 6.49. The second kappa shape index (κ2) is 7.50. The number of hydrogen-bond acceptors (Lipinski definition) is 4. The van der Waals surface area contributed by atoms with Crippen LogP contribution in [0.25, 0.3) is 0 Å². The lowest BCUT2D eigenvalue weighted by Crippen LogP contribution is -2.33. The fourth-order valence-corrected chi connectivity index (χ4v) is 5.26. The van der Waals surface area contributed by atoms with Crippen molar-refractivity contribution in [2.75, 3.05) is 7.11 Å². The maximum absolute atomic E-state index is 6.49. The highest BCUT2D eigenvalue weighted by atomic mass is 79.9. The van der Waals surface area contributed by atoms with Gasteiger partial charge in [-0.1, -0.05) is 46.3 Å². The molecule has 0 aliphatic carbocycles. The first-order valence-electron chi connectivity index (χ1n) is 9.35. The predicted molar refractivity (Wildman–Crippen MR) is 120 cm³/mol. The summed E-state index contributed by atoms with van der Waals surface area (Å²) >= 11 is 7.30. The zero-order valence-electron chi connectivity index (χ0n) is 15.7. The van der Waals surface area contributed by atoms with E-state index in [0.717, 1.165) is 49.3 Å². The van der Waals surface area contributed by atoms with Crippen molar-refractivity contribution in [2.45, 2.75) is 18.7 Å². The number of hydrazone groups is 1. The van der Waals surface area contributed by atoms with Gasteiger partial charge in [0.25, 0.3) is 0 Å². The number of methoxy groups -OCH3 is 1. The fraction of sp³-hybridized carbons (Fsp3) is 0.174. The van der Waals surface area contributed by atoms with Gasteiger partial charge in [-0.25, -0.2) is 5.01 Å². The van der Waals surface area contributed by atoms with Gasteiger partial charge in [0.05, 0.1) is 23.3 Å². The molecule has 5 rings (SSSR count). The van der Waals surface area contributed by atoms with E-state index >= 15 is 0 Å². The van der Waals surface area contributed by atoms with E-state index in [1.165, 1.54) is 0 Å². The van der Waals surface area contributed by atoms with E-state index < -0.39 is 0 Å². The van der Waals surface area contributed by atoms with Crippen molar-refractivity contribution in [3.05, 3.63) is 92.4 Å². The van der Waals surface area contributed by atoms with Crippen LogP contribution in [0.3, 0.4) is 0 Å². The Morgan fingerprint density at radius 1 is 1.03 bits per heavy atom. The molecule has 0 saturated heterocycles. The summed E-state index contributed by atoms with van der Waals surface area (Å²) < 4.78 is 13.8. The van der Waals surface area contributed by atoms with Gasteiger partial charge in [-0.05, 0) is 57.9 Å². The minimum absolute atomic E-state index is 0.106. The third kappa shape index (κ3) is 3.34. The highest BCUT2D eigenvalue weighted by Gasteiger charge is 2.41. The van der Waals surface area contributed by atoms with Gasteiger partial charge in [0.15, 0.2) is 0 Å². The van der Waals surface area contributed by atoms with Crippen molar-refractivity contribution in [1.82, 2.24) is 5.01 Å². The second-order valence-corrected chi connectivity index (χ2v) is 8.83. The molecule has 2 heterocycles. The molecule has 0 amide bonds. The summed E-state index contributed by atoms with van der Waals surface area (Å²) in [5.41, 5.74) is 4.38. The first-order valence-corrected chi connectivity index (χ1v) is 10.9. The molecule has 0 radical (unpaired) electrons. The number of benzene rings is 3. The predicted octanol–water partition coefficient (Wildman–Crippen LogP) is 6.46. The van der Waals surface area contributed by atoms with Crippen LogP contribution in [0.15, 0.2) is 80.8 Å². The van der Waals surface area contributed by atoms with Gasteiger partial charge >= 0.3 is 0 Å². The average molecular weight is 514 g/mol. The first-order chi connectivity index (χ1) is 14.1. The van der Waals surface area contributed by atoms with Gasteiger partial charge in [-0.3, -0.25) is 0 Å². The van der Waals surface area contributed by atoms with E-state index in [1.54, 1.807) is 7.11 Å². The Morgan fingerprint density at radius 3 is 2.52 bits per heavy atom. The van der Waals surface area contributed by atoms with Gasteiger partial charge < -0.3 is 9.47 Å². The molecule has 0 unspecified atom stereocenters. The third-order valence-corrected chi connectivity index (χ3v) is 6.36.